The molecule has 1 aromatic heterocycles. The van der Waals surface area contributed by atoms with Crippen molar-refractivity contribution in [2.24, 2.45) is 11.1 Å². The molecule has 0 saturated carbocycles. The third-order valence-corrected chi connectivity index (χ3v) is 7.69. The molecule has 0 bridgehead atoms. The number of ether oxygens (including phenoxy) is 1. The fraction of sp³-hybridized carbons (Fsp3) is 0.276. The maximum absolute atomic E-state index is 13.9. The first-order chi connectivity index (χ1) is 18.1. The molecule has 1 aliphatic carbocycles. The highest BCUT2D eigenvalue weighted by atomic mass is 79.9. The van der Waals surface area contributed by atoms with Gasteiger partial charge in [0.1, 0.15) is 11.0 Å². The van der Waals surface area contributed by atoms with Crippen molar-refractivity contribution in [2.75, 3.05) is 12.0 Å². The summed E-state index contributed by atoms with van der Waals surface area (Å²) in [5, 5.41) is 2.71. The maximum atomic E-state index is 13.9. The normalized spacial score (nSPS) is 19.0. The first-order valence-corrected chi connectivity index (χ1v) is 13.6. The lowest BCUT2D eigenvalue weighted by Gasteiger charge is -2.44. The van der Waals surface area contributed by atoms with Gasteiger partial charge in [-0.15, -0.1) is 0 Å². The van der Waals surface area contributed by atoms with Crippen molar-refractivity contribution in [2.45, 2.75) is 39.5 Å². The summed E-state index contributed by atoms with van der Waals surface area (Å²) in [6.45, 7) is 5.98. The number of aromatic nitrogens is 1. The molecule has 1 aliphatic heterocycles. The lowest BCUT2D eigenvalue weighted by molar-refractivity contribution is -0.139. The van der Waals surface area contributed by atoms with Crippen LogP contribution in [0.3, 0.4) is 0 Å². The van der Waals surface area contributed by atoms with Gasteiger partial charge in [0, 0.05) is 27.4 Å². The van der Waals surface area contributed by atoms with Gasteiger partial charge >= 0.3 is 5.97 Å². The Morgan fingerprint density at radius 2 is 1.92 bits per heavy atom. The van der Waals surface area contributed by atoms with E-state index < -0.39 is 11.9 Å². The molecule has 1 atom stereocenters. The Kier molecular flexibility index (Phi) is 6.96. The highest BCUT2D eigenvalue weighted by Gasteiger charge is 2.47. The first kappa shape index (κ1) is 26.3. The molecule has 0 radical (unpaired) electrons. The summed E-state index contributed by atoms with van der Waals surface area (Å²) >= 11 is 10.2. The molecular formula is C29H28BrClN4O3. The van der Waals surface area contributed by atoms with Gasteiger partial charge in [-0.1, -0.05) is 59.6 Å². The van der Waals surface area contributed by atoms with Crippen LogP contribution < -0.4 is 11.2 Å². The number of anilines is 1. The molecule has 7 nitrogen and oxygen atoms in total. The lowest BCUT2D eigenvalue weighted by Crippen LogP contribution is -2.45. The van der Waals surface area contributed by atoms with Gasteiger partial charge in [-0.25, -0.2) is 14.8 Å². The molecule has 3 aromatic rings. The zero-order valence-electron chi connectivity index (χ0n) is 21.3. The number of Topliss-reactive ketones (excluding diaryl/α,β-unsaturated/α-hetero) is 1. The number of nitrogens with zero attached hydrogens (tertiary/aromatic N) is 2. The van der Waals surface area contributed by atoms with E-state index in [1.54, 1.807) is 11.9 Å². The predicted octanol–water partition coefficient (Wildman–Crippen LogP) is 6.45. The number of ketones is 1. The average Bonchev–Trinajstić information content (AvgIpc) is 2.85. The number of hydrogen-bond donors (Lipinski definition) is 2. The number of esters is 1. The minimum atomic E-state index is -0.819. The summed E-state index contributed by atoms with van der Waals surface area (Å²) in [7, 11) is 0. The molecule has 0 spiro atoms. The van der Waals surface area contributed by atoms with Crippen LogP contribution in [0, 0.1) is 5.41 Å². The van der Waals surface area contributed by atoms with E-state index in [9.17, 15) is 9.59 Å². The molecule has 0 amide bonds. The number of benzene rings is 2. The van der Waals surface area contributed by atoms with Crippen molar-refractivity contribution in [1.82, 2.24) is 9.99 Å². The molecule has 9 heteroatoms. The Bertz CT molecular complexity index is 1510. The number of para-hydroxylation sites is 1. The Hall–Kier alpha value is -3.36. The molecule has 2 heterocycles. The molecule has 38 heavy (non-hydrogen) atoms. The number of allylic oxidation sites excluding steroid dienone is 2. The second-order valence-corrected chi connectivity index (χ2v) is 11.5. The number of nitrogens with one attached hydrogen (secondary N) is 1. The van der Waals surface area contributed by atoms with Crippen LogP contribution in [0.4, 0.5) is 5.69 Å². The number of rotatable bonds is 5. The quantitative estimate of drug-likeness (QED) is 0.258. The van der Waals surface area contributed by atoms with Crippen LogP contribution in [-0.2, 0) is 14.3 Å². The maximum Gasteiger partial charge on any atom is 0.338 e. The van der Waals surface area contributed by atoms with Gasteiger partial charge in [0.25, 0.3) is 0 Å². The Morgan fingerprint density at radius 1 is 1.21 bits per heavy atom. The van der Waals surface area contributed by atoms with E-state index in [-0.39, 0.29) is 34.4 Å². The molecule has 196 valence electrons. The molecule has 2 aliphatic rings. The van der Waals surface area contributed by atoms with Crippen LogP contribution >= 0.6 is 27.5 Å². The smallest absolute Gasteiger partial charge is 0.338 e. The fourth-order valence-electron chi connectivity index (χ4n) is 5.22. The summed E-state index contributed by atoms with van der Waals surface area (Å²) in [5.41, 5.74) is 13.1. The first-order valence-electron chi connectivity index (χ1n) is 12.4. The number of hydrazine groups is 1. The molecule has 3 N–H and O–H groups in total. The Balaban J connectivity index is 1.76. The standard InChI is InChI=1S/C29H28BrClN4O3/c1-4-38-28(37)25-23(19-13-16-7-5-6-8-20(16)33-26(19)31)24-21(14-29(2,3)15-22(24)36)35(27(25)32)34-18-11-9-17(30)10-12-18/h5-13,23,34H,4,14-15,32H2,1-3H3. The minimum absolute atomic E-state index is 0.0672. The third-order valence-electron chi connectivity index (χ3n) is 6.86. The van der Waals surface area contributed by atoms with E-state index in [2.05, 4.69) is 26.3 Å². The van der Waals surface area contributed by atoms with Crippen molar-refractivity contribution < 1.29 is 14.3 Å². The predicted molar refractivity (Wildman–Crippen MR) is 152 cm³/mol. The molecule has 0 saturated heterocycles. The van der Waals surface area contributed by atoms with E-state index in [0.29, 0.717) is 29.7 Å². The van der Waals surface area contributed by atoms with E-state index in [0.717, 1.165) is 21.1 Å². The van der Waals surface area contributed by atoms with E-state index >= 15 is 0 Å². The summed E-state index contributed by atoms with van der Waals surface area (Å²) in [6.07, 6.45) is 0.882. The van der Waals surface area contributed by atoms with Gasteiger partial charge in [-0.2, -0.15) is 0 Å². The molecule has 1 unspecified atom stereocenters. The van der Waals surface area contributed by atoms with Gasteiger partial charge < -0.3 is 10.5 Å². The summed E-state index contributed by atoms with van der Waals surface area (Å²) < 4.78 is 6.39. The second kappa shape index (κ2) is 10.1. The number of carbonyl (C=O) groups excluding carboxylic acids is 2. The summed E-state index contributed by atoms with van der Waals surface area (Å²) in [5.74, 6) is -1.33. The summed E-state index contributed by atoms with van der Waals surface area (Å²) in [4.78, 5) is 32.0. The van der Waals surface area contributed by atoms with Crippen molar-refractivity contribution >= 4 is 55.9 Å². The second-order valence-electron chi connectivity index (χ2n) is 10.3. The number of hydrogen-bond acceptors (Lipinski definition) is 7. The van der Waals surface area contributed by atoms with Crippen LogP contribution in [0.1, 0.15) is 45.1 Å². The number of fused-ring (bicyclic) bond motifs is 1. The number of pyridine rings is 1. The third kappa shape index (κ3) is 4.78. The zero-order valence-corrected chi connectivity index (χ0v) is 23.7. The summed E-state index contributed by atoms with van der Waals surface area (Å²) in [6, 6.07) is 17.0. The van der Waals surface area contributed by atoms with Gasteiger partial charge in [0.2, 0.25) is 0 Å². The molecule has 5 rings (SSSR count). The van der Waals surface area contributed by atoms with Crippen LogP contribution in [0.25, 0.3) is 10.9 Å². The Morgan fingerprint density at radius 3 is 2.63 bits per heavy atom. The molecular weight excluding hydrogens is 568 g/mol. The fourth-order valence-corrected chi connectivity index (χ4v) is 5.74. The van der Waals surface area contributed by atoms with Crippen molar-refractivity contribution in [3.05, 3.63) is 92.5 Å². The van der Waals surface area contributed by atoms with Gasteiger partial charge in [0.05, 0.1) is 35.0 Å². The van der Waals surface area contributed by atoms with Crippen LogP contribution in [0.2, 0.25) is 5.15 Å². The largest absolute Gasteiger partial charge is 0.463 e. The number of nitrogens with two attached hydrogens (primary N) is 1. The van der Waals surface area contributed by atoms with Gasteiger partial charge in [-0.05, 0) is 55.2 Å². The zero-order chi connectivity index (χ0) is 27.2. The highest BCUT2D eigenvalue weighted by Crippen LogP contribution is 2.50. The average molecular weight is 596 g/mol. The minimum Gasteiger partial charge on any atom is -0.463 e. The molecule has 2 aromatic carbocycles. The number of halogens is 2. The monoisotopic (exact) mass is 594 g/mol. The van der Waals surface area contributed by atoms with Crippen LogP contribution in [-0.4, -0.2) is 28.4 Å². The molecule has 0 fully saturated rings. The Labute approximate surface area is 234 Å². The van der Waals surface area contributed by atoms with Crippen molar-refractivity contribution in [1.29, 1.82) is 0 Å². The van der Waals surface area contributed by atoms with Crippen LogP contribution in [0.5, 0.6) is 0 Å². The van der Waals surface area contributed by atoms with Gasteiger partial charge in [-0.3, -0.25) is 10.2 Å². The van der Waals surface area contributed by atoms with E-state index in [1.807, 2.05) is 68.4 Å². The van der Waals surface area contributed by atoms with Crippen molar-refractivity contribution in [3.8, 4) is 0 Å². The van der Waals surface area contributed by atoms with E-state index in [1.165, 1.54) is 0 Å². The highest BCUT2D eigenvalue weighted by molar-refractivity contribution is 9.10. The number of carbonyl (C=O) groups is 2. The van der Waals surface area contributed by atoms with Crippen LogP contribution in [0.15, 0.2) is 81.7 Å². The van der Waals surface area contributed by atoms with Gasteiger partial charge in [0.15, 0.2) is 5.78 Å². The SMILES string of the molecule is CCOC(=O)C1=C(N)N(Nc2ccc(Br)cc2)C2=C(C(=O)CC(C)(C)C2)C1c1cc2ccccc2nc1Cl. The topological polar surface area (TPSA) is 97.5 Å². The lowest BCUT2D eigenvalue weighted by atomic mass is 9.69. The van der Waals surface area contributed by atoms with Crippen molar-refractivity contribution in [3.63, 3.8) is 0 Å². The van der Waals surface area contributed by atoms with E-state index in [4.69, 9.17) is 22.1 Å².